The molecule has 5 aromatic rings. The fourth-order valence-electron chi connectivity index (χ4n) is 10.9. The molecular weight excluding hydrogens is 961 g/mol. The molecule has 3 fully saturated rings. The lowest BCUT2D eigenvalue weighted by Crippen LogP contribution is -2.48. The summed E-state index contributed by atoms with van der Waals surface area (Å²) in [5, 5.41) is 24.7. The monoisotopic (exact) mass is 1030 g/mol. The van der Waals surface area contributed by atoms with E-state index in [2.05, 4.69) is 55.3 Å². The number of anilines is 1. The summed E-state index contributed by atoms with van der Waals surface area (Å²) in [4.78, 5) is 67.6. The molecule has 2 saturated heterocycles. The summed E-state index contributed by atoms with van der Waals surface area (Å²) in [6, 6.07) is 11.9. The highest BCUT2D eigenvalue weighted by Crippen LogP contribution is 2.47. The van der Waals surface area contributed by atoms with Crippen LogP contribution in [0, 0.1) is 29.4 Å². The van der Waals surface area contributed by atoms with Gasteiger partial charge in [-0.3, -0.25) is 24.3 Å². The Morgan fingerprint density at radius 1 is 1.03 bits per heavy atom. The molecule has 1 amide bonds. The van der Waals surface area contributed by atoms with E-state index >= 15 is 8.78 Å². The zero-order valence-corrected chi connectivity index (χ0v) is 43.8. The number of phenolic OH excluding ortho intramolecular Hbond substituents is 1. The summed E-state index contributed by atoms with van der Waals surface area (Å²) in [6.07, 6.45) is 16.8. The molecule has 4 N–H and O–H groups in total. The van der Waals surface area contributed by atoms with Gasteiger partial charge in [0.2, 0.25) is 5.91 Å². The first-order valence-electron chi connectivity index (χ1n) is 26.1. The molecule has 18 heteroatoms. The summed E-state index contributed by atoms with van der Waals surface area (Å²) >= 11 is 0. The Hall–Kier alpha value is -6.65. The largest absolute Gasteiger partial charge is 0.508 e. The third-order valence-electron chi connectivity index (χ3n) is 15.6. The van der Waals surface area contributed by atoms with Crippen molar-refractivity contribution in [2.24, 2.45) is 5.41 Å². The van der Waals surface area contributed by atoms with E-state index in [0.717, 1.165) is 95.8 Å². The van der Waals surface area contributed by atoms with Gasteiger partial charge in [-0.2, -0.15) is 9.97 Å². The van der Waals surface area contributed by atoms with Crippen LogP contribution in [0.2, 0.25) is 0 Å². The van der Waals surface area contributed by atoms with Crippen molar-refractivity contribution in [1.29, 1.82) is 0 Å². The van der Waals surface area contributed by atoms with Gasteiger partial charge in [0.1, 0.15) is 41.2 Å². The van der Waals surface area contributed by atoms with Crippen molar-refractivity contribution in [3.8, 4) is 35.4 Å². The number of nitrogens with zero attached hydrogens (tertiary/aromatic N) is 7. The van der Waals surface area contributed by atoms with Crippen LogP contribution in [0.15, 0.2) is 48.7 Å². The molecule has 16 nitrogen and oxygen atoms in total. The Labute approximate surface area is 438 Å². The minimum Gasteiger partial charge on any atom is -0.508 e. The average Bonchev–Trinajstić information content (AvgIpc) is 4.20. The SMILES string of the molecule is C#Cc1c(F)ccc2cc(O)cc(-c3ncc4c(N(CC)CC(CC)NC)nc(OCC5(CN6CCC(N7CCC(c8ccc(C=O)c(CN(C)C(C=O)CCC(=O)NC)c8)CC7)CC6)CC5)nc4c3F)c12.O=CO. The fraction of sp³-hybridized carbons (Fsp3) is 0.491. The van der Waals surface area contributed by atoms with Crippen LogP contribution in [-0.2, 0) is 20.9 Å². The normalized spacial score (nSPS) is 16.9. The fourth-order valence-corrected chi connectivity index (χ4v) is 10.9. The number of nitrogens with one attached hydrogen (secondary N) is 2. The van der Waals surface area contributed by atoms with E-state index in [-0.39, 0.29) is 69.7 Å². The zero-order chi connectivity index (χ0) is 53.8. The maximum atomic E-state index is 17.2. The summed E-state index contributed by atoms with van der Waals surface area (Å²) in [5.74, 6) is 1.65. The summed E-state index contributed by atoms with van der Waals surface area (Å²) in [5.41, 5.74) is 2.65. The number of benzene rings is 3. The van der Waals surface area contributed by atoms with Gasteiger partial charge in [-0.1, -0.05) is 37.1 Å². The molecule has 3 aromatic carbocycles. The number of rotatable bonds is 22. The topological polar surface area (TPSA) is 194 Å². The van der Waals surface area contributed by atoms with E-state index in [9.17, 15) is 19.5 Å². The van der Waals surface area contributed by atoms with E-state index in [4.69, 9.17) is 31.0 Å². The van der Waals surface area contributed by atoms with Crippen molar-refractivity contribution < 1.29 is 42.9 Å². The number of halogens is 2. The number of pyridine rings is 1. The van der Waals surface area contributed by atoms with Gasteiger partial charge in [-0.25, -0.2) is 8.78 Å². The van der Waals surface area contributed by atoms with Crippen molar-refractivity contribution >= 4 is 52.4 Å². The molecule has 0 bridgehead atoms. The van der Waals surface area contributed by atoms with E-state index in [1.54, 1.807) is 7.05 Å². The standard InChI is InChI=1S/C56H69F2N9O5.CH2O2/c1-7-41(59-4)31-66(9-3)54-47-29-61-52(46-28-44(70)27-38-12-14-48(57)45(8-2)50(38)46)51(58)53(47)62-55(63-54)72-35-56(20-21-56)34-65-22-18-42(19-23-65)67-24-16-36(17-25-67)37-10-11-39(32-68)40(26-37)30-64(6)43(33-69)13-15-49(71)60-5;2-1-3/h2,10-12,14,26-29,32-33,36,41-43,59,70H,7,9,13,15-25,30-31,34-35H2,1,3-6H3,(H,60,71);1H,(H,2,3). The Morgan fingerprint density at radius 3 is 2.39 bits per heavy atom. The minimum atomic E-state index is -0.756. The second-order valence-electron chi connectivity index (χ2n) is 20.2. The number of terminal acetylenes is 1. The minimum absolute atomic E-state index is 0.00599. The number of carbonyl (C=O) groups is 4. The second kappa shape index (κ2) is 25.7. The van der Waals surface area contributed by atoms with Crippen LogP contribution < -0.4 is 20.3 Å². The molecule has 0 radical (unpaired) electrons. The number of fused-ring (bicyclic) bond motifs is 2. The predicted octanol–water partition coefficient (Wildman–Crippen LogP) is 7.18. The van der Waals surface area contributed by atoms with Crippen LogP contribution in [-0.4, -0.2) is 157 Å². The molecule has 400 valence electrons. The van der Waals surface area contributed by atoms with Crippen LogP contribution >= 0.6 is 0 Å². The summed E-state index contributed by atoms with van der Waals surface area (Å²) in [6.45, 7) is 10.8. The van der Waals surface area contributed by atoms with Gasteiger partial charge in [0, 0.05) is 79.9 Å². The van der Waals surface area contributed by atoms with Crippen molar-refractivity contribution in [2.45, 2.75) is 102 Å². The molecule has 0 spiro atoms. The van der Waals surface area contributed by atoms with Crippen LogP contribution in [0.5, 0.6) is 11.8 Å². The van der Waals surface area contributed by atoms with E-state index in [1.165, 1.54) is 36.0 Å². The molecule has 1 saturated carbocycles. The third-order valence-corrected chi connectivity index (χ3v) is 15.6. The lowest BCUT2D eigenvalue weighted by Gasteiger charge is -2.42. The molecule has 2 unspecified atom stereocenters. The van der Waals surface area contributed by atoms with Crippen LogP contribution in [0.4, 0.5) is 14.6 Å². The van der Waals surface area contributed by atoms with Gasteiger partial charge in [0.15, 0.2) is 5.82 Å². The first-order valence-corrected chi connectivity index (χ1v) is 26.1. The second-order valence-corrected chi connectivity index (χ2v) is 20.2. The van der Waals surface area contributed by atoms with Crippen LogP contribution in [0.1, 0.15) is 105 Å². The number of carbonyl (C=O) groups excluding carboxylic acids is 3. The van der Waals surface area contributed by atoms with Crippen molar-refractivity contribution in [2.75, 3.05) is 78.5 Å². The summed E-state index contributed by atoms with van der Waals surface area (Å²) < 4.78 is 38.8. The molecule has 75 heavy (non-hydrogen) atoms. The predicted molar refractivity (Wildman–Crippen MR) is 286 cm³/mol. The number of aromatic nitrogens is 3. The number of piperidine rings is 2. The molecule has 2 aliphatic heterocycles. The number of hydrogen-bond donors (Lipinski definition) is 4. The molecule has 4 heterocycles. The van der Waals surface area contributed by atoms with Gasteiger partial charge in [0.25, 0.3) is 6.47 Å². The van der Waals surface area contributed by atoms with E-state index < -0.39 is 17.7 Å². The first kappa shape index (κ1) is 56.1. The van der Waals surface area contributed by atoms with Gasteiger partial charge < -0.3 is 45.1 Å². The maximum absolute atomic E-state index is 17.2. The number of likely N-dealkylation sites (tertiary alicyclic amines) is 2. The van der Waals surface area contributed by atoms with E-state index in [0.29, 0.717) is 66.8 Å². The number of ether oxygens (including phenoxy) is 1. The number of amides is 1. The highest BCUT2D eigenvalue weighted by Gasteiger charge is 2.46. The molecule has 2 atom stereocenters. The molecule has 8 rings (SSSR count). The van der Waals surface area contributed by atoms with Gasteiger partial charge in [-0.05, 0) is 139 Å². The van der Waals surface area contributed by atoms with Crippen molar-refractivity contribution in [3.05, 3.63) is 82.5 Å². The van der Waals surface area contributed by atoms with Gasteiger partial charge in [-0.15, -0.1) is 6.42 Å². The molecular formula is C57H71F2N9O7. The number of aldehydes is 2. The molecule has 2 aromatic heterocycles. The van der Waals surface area contributed by atoms with Crippen molar-refractivity contribution in [1.82, 2.24) is 40.3 Å². The number of phenols is 1. The third kappa shape index (κ3) is 13.2. The first-order chi connectivity index (χ1) is 36.3. The van der Waals surface area contributed by atoms with Gasteiger partial charge in [0.05, 0.1) is 23.6 Å². The smallest absolute Gasteiger partial charge is 0.319 e. The number of hydrogen-bond acceptors (Lipinski definition) is 14. The van der Waals surface area contributed by atoms with E-state index in [1.807, 2.05) is 32.0 Å². The Bertz CT molecular complexity index is 2860. The lowest BCUT2D eigenvalue weighted by atomic mass is 9.86. The molecule has 1 aliphatic carbocycles. The lowest BCUT2D eigenvalue weighted by molar-refractivity contribution is -0.123. The van der Waals surface area contributed by atoms with Crippen LogP contribution in [0.3, 0.4) is 0 Å². The summed E-state index contributed by atoms with van der Waals surface area (Å²) in [7, 11) is 5.36. The number of aromatic hydroxyl groups is 1. The number of carboxylic acid groups (broad SMARTS) is 1. The maximum Gasteiger partial charge on any atom is 0.319 e. The molecule has 3 aliphatic rings. The number of likely N-dealkylation sites (N-methyl/N-ethyl adjacent to an activating group) is 3. The Kier molecular flexibility index (Phi) is 19.2. The van der Waals surface area contributed by atoms with Gasteiger partial charge >= 0.3 is 6.01 Å². The van der Waals surface area contributed by atoms with Crippen molar-refractivity contribution in [3.63, 3.8) is 0 Å². The highest BCUT2D eigenvalue weighted by atomic mass is 19.1. The average molecular weight is 1030 g/mol. The Morgan fingerprint density at radius 2 is 1.76 bits per heavy atom. The van der Waals surface area contributed by atoms with Crippen LogP contribution in [0.25, 0.3) is 32.9 Å². The quantitative estimate of drug-likeness (QED) is 0.0402. The highest BCUT2D eigenvalue weighted by molar-refractivity contribution is 6.03. The zero-order valence-electron chi connectivity index (χ0n) is 43.8. The Balaban J connectivity index is 0.00000267.